The Morgan fingerprint density at radius 1 is 1.20 bits per heavy atom. The summed E-state index contributed by atoms with van der Waals surface area (Å²) < 4.78 is 5.22. The fourth-order valence-electron chi connectivity index (χ4n) is 2.26. The van der Waals surface area contributed by atoms with E-state index in [-0.39, 0.29) is 0 Å². The molecule has 3 aromatic rings. The van der Waals surface area contributed by atoms with Crippen molar-refractivity contribution in [2.24, 2.45) is 0 Å². The van der Waals surface area contributed by atoms with Gasteiger partial charge in [-0.25, -0.2) is 0 Å². The average Bonchev–Trinajstić information content (AvgIpc) is 2.96. The minimum atomic E-state index is 0.385. The lowest BCUT2D eigenvalue weighted by Crippen LogP contribution is -1.93. The number of anilines is 1. The standard InChI is InChI=1S/C14H15N5O/c1-8-3-9(2)5-10(4-8)6-12-17-14(20-19-12)11-7-16-18-13(11)15/h3-5,7H,6H2,1-2H3,(H3,15,16,18). The van der Waals surface area contributed by atoms with Crippen LogP contribution in [0.25, 0.3) is 11.5 Å². The first kappa shape index (κ1) is 12.4. The molecular weight excluding hydrogens is 254 g/mol. The van der Waals surface area contributed by atoms with Crippen LogP contribution in [0.2, 0.25) is 0 Å². The first-order chi connectivity index (χ1) is 9.61. The first-order valence-electron chi connectivity index (χ1n) is 6.31. The second kappa shape index (κ2) is 4.80. The first-order valence-corrected chi connectivity index (χ1v) is 6.31. The van der Waals surface area contributed by atoms with E-state index >= 15 is 0 Å². The monoisotopic (exact) mass is 269 g/mol. The summed E-state index contributed by atoms with van der Waals surface area (Å²) in [7, 11) is 0. The van der Waals surface area contributed by atoms with Crippen LogP contribution in [0.4, 0.5) is 5.82 Å². The molecule has 0 saturated carbocycles. The molecule has 102 valence electrons. The highest BCUT2D eigenvalue weighted by Crippen LogP contribution is 2.22. The predicted molar refractivity (Wildman–Crippen MR) is 75.0 cm³/mol. The van der Waals surface area contributed by atoms with Gasteiger partial charge >= 0.3 is 0 Å². The van der Waals surface area contributed by atoms with Gasteiger partial charge in [-0.2, -0.15) is 10.1 Å². The Hall–Kier alpha value is -2.63. The molecule has 0 atom stereocenters. The minimum absolute atomic E-state index is 0.385. The molecule has 0 fully saturated rings. The average molecular weight is 269 g/mol. The van der Waals surface area contributed by atoms with Crippen molar-refractivity contribution in [2.75, 3.05) is 5.73 Å². The van der Waals surface area contributed by atoms with Gasteiger partial charge in [-0.05, 0) is 19.4 Å². The van der Waals surface area contributed by atoms with E-state index in [1.54, 1.807) is 6.20 Å². The van der Waals surface area contributed by atoms with Crippen LogP contribution in [0, 0.1) is 13.8 Å². The fraction of sp³-hybridized carbons (Fsp3) is 0.214. The summed E-state index contributed by atoms with van der Waals surface area (Å²) in [4.78, 5) is 4.35. The number of aryl methyl sites for hydroxylation is 2. The van der Waals surface area contributed by atoms with E-state index in [0.29, 0.717) is 29.5 Å². The van der Waals surface area contributed by atoms with Gasteiger partial charge in [-0.15, -0.1) is 0 Å². The number of benzene rings is 1. The lowest BCUT2D eigenvalue weighted by atomic mass is 10.1. The van der Waals surface area contributed by atoms with E-state index in [4.69, 9.17) is 10.3 Å². The van der Waals surface area contributed by atoms with Gasteiger partial charge in [-0.1, -0.05) is 34.5 Å². The van der Waals surface area contributed by atoms with Gasteiger partial charge < -0.3 is 10.3 Å². The Bertz CT molecular complexity index is 723. The topological polar surface area (TPSA) is 93.6 Å². The molecule has 0 aliphatic heterocycles. The van der Waals surface area contributed by atoms with Crippen molar-refractivity contribution >= 4 is 5.82 Å². The van der Waals surface area contributed by atoms with Crippen molar-refractivity contribution in [1.82, 2.24) is 20.3 Å². The third kappa shape index (κ3) is 2.40. The molecule has 2 heterocycles. The van der Waals surface area contributed by atoms with Crippen LogP contribution in [0.1, 0.15) is 22.5 Å². The highest BCUT2D eigenvalue weighted by atomic mass is 16.5. The maximum absolute atomic E-state index is 5.73. The number of nitrogen functional groups attached to an aromatic ring is 1. The Balaban J connectivity index is 1.86. The Labute approximate surface area is 116 Å². The minimum Gasteiger partial charge on any atom is -0.383 e. The molecule has 0 spiro atoms. The van der Waals surface area contributed by atoms with Crippen LogP contribution >= 0.6 is 0 Å². The molecule has 0 unspecified atom stereocenters. The summed E-state index contributed by atoms with van der Waals surface area (Å²) in [6.45, 7) is 4.15. The summed E-state index contributed by atoms with van der Waals surface area (Å²) in [5.41, 5.74) is 9.97. The molecule has 0 amide bonds. The van der Waals surface area contributed by atoms with Crippen molar-refractivity contribution in [3.8, 4) is 11.5 Å². The van der Waals surface area contributed by atoms with E-state index < -0.39 is 0 Å². The largest absolute Gasteiger partial charge is 0.383 e. The Morgan fingerprint density at radius 2 is 1.95 bits per heavy atom. The van der Waals surface area contributed by atoms with Crippen LogP contribution in [-0.2, 0) is 6.42 Å². The van der Waals surface area contributed by atoms with Crippen LogP contribution in [-0.4, -0.2) is 20.3 Å². The van der Waals surface area contributed by atoms with Crippen molar-refractivity contribution in [3.05, 3.63) is 46.9 Å². The zero-order valence-corrected chi connectivity index (χ0v) is 11.3. The highest BCUT2D eigenvalue weighted by Gasteiger charge is 2.13. The maximum atomic E-state index is 5.73. The third-order valence-electron chi connectivity index (χ3n) is 3.01. The summed E-state index contributed by atoms with van der Waals surface area (Å²) in [5.74, 6) is 1.44. The Kier molecular flexibility index (Phi) is 2.98. The molecule has 2 aromatic heterocycles. The summed E-state index contributed by atoms with van der Waals surface area (Å²) >= 11 is 0. The maximum Gasteiger partial charge on any atom is 0.263 e. The van der Waals surface area contributed by atoms with E-state index in [1.165, 1.54) is 11.1 Å². The number of rotatable bonds is 3. The van der Waals surface area contributed by atoms with Gasteiger partial charge in [-0.3, -0.25) is 5.10 Å². The van der Waals surface area contributed by atoms with Crippen LogP contribution in [0.15, 0.2) is 28.9 Å². The van der Waals surface area contributed by atoms with Gasteiger partial charge in [0.05, 0.1) is 6.20 Å². The lowest BCUT2D eigenvalue weighted by molar-refractivity contribution is 0.424. The van der Waals surface area contributed by atoms with E-state index in [1.807, 2.05) is 0 Å². The number of nitrogens with one attached hydrogen (secondary N) is 1. The fourth-order valence-corrected chi connectivity index (χ4v) is 2.26. The van der Waals surface area contributed by atoms with Crippen molar-refractivity contribution in [1.29, 1.82) is 0 Å². The molecule has 3 rings (SSSR count). The molecule has 6 heteroatoms. The van der Waals surface area contributed by atoms with Gasteiger partial charge in [0.25, 0.3) is 5.89 Å². The molecule has 0 aliphatic rings. The summed E-state index contributed by atoms with van der Waals surface area (Å²) in [6, 6.07) is 6.38. The van der Waals surface area contributed by atoms with Crippen molar-refractivity contribution < 1.29 is 4.52 Å². The smallest absolute Gasteiger partial charge is 0.263 e. The number of H-pyrrole nitrogens is 1. The second-order valence-corrected chi connectivity index (χ2v) is 4.89. The molecule has 6 nitrogen and oxygen atoms in total. The Morgan fingerprint density at radius 3 is 2.60 bits per heavy atom. The van der Waals surface area contributed by atoms with Crippen molar-refractivity contribution in [2.45, 2.75) is 20.3 Å². The molecule has 20 heavy (non-hydrogen) atoms. The predicted octanol–water partition coefficient (Wildman–Crippen LogP) is 2.25. The molecule has 1 aromatic carbocycles. The molecule has 0 saturated heterocycles. The SMILES string of the molecule is Cc1cc(C)cc(Cc2noc(-c3cn[nH]c3N)n2)c1. The number of hydrogen-bond acceptors (Lipinski definition) is 5. The van der Waals surface area contributed by atoms with Crippen LogP contribution in [0.5, 0.6) is 0 Å². The third-order valence-corrected chi connectivity index (χ3v) is 3.01. The normalized spacial score (nSPS) is 10.9. The summed E-state index contributed by atoms with van der Waals surface area (Å²) in [6.07, 6.45) is 2.20. The summed E-state index contributed by atoms with van der Waals surface area (Å²) in [5, 5.41) is 10.5. The zero-order chi connectivity index (χ0) is 14.1. The lowest BCUT2D eigenvalue weighted by Gasteiger charge is -2.01. The molecular formula is C14H15N5O. The van der Waals surface area contributed by atoms with E-state index in [0.717, 1.165) is 5.56 Å². The van der Waals surface area contributed by atoms with Gasteiger partial charge in [0, 0.05) is 6.42 Å². The highest BCUT2D eigenvalue weighted by molar-refractivity contribution is 5.65. The van der Waals surface area contributed by atoms with Crippen LogP contribution in [0.3, 0.4) is 0 Å². The molecule has 0 radical (unpaired) electrons. The van der Waals surface area contributed by atoms with Gasteiger partial charge in [0.15, 0.2) is 5.82 Å². The second-order valence-electron chi connectivity index (χ2n) is 4.89. The number of nitrogens with zero attached hydrogens (tertiary/aromatic N) is 3. The van der Waals surface area contributed by atoms with E-state index in [9.17, 15) is 0 Å². The number of hydrogen-bond donors (Lipinski definition) is 2. The molecule has 0 bridgehead atoms. The molecule has 3 N–H and O–H groups in total. The van der Waals surface area contributed by atoms with E-state index in [2.05, 4.69) is 52.4 Å². The van der Waals surface area contributed by atoms with Gasteiger partial charge in [0.1, 0.15) is 11.4 Å². The molecule has 0 aliphatic carbocycles. The number of aromatic nitrogens is 4. The number of nitrogens with two attached hydrogens (primary N) is 1. The van der Waals surface area contributed by atoms with Gasteiger partial charge in [0.2, 0.25) is 0 Å². The quantitative estimate of drug-likeness (QED) is 0.760. The zero-order valence-electron chi connectivity index (χ0n) is 11.3. The van der Waals surface area contributed by atoms with Crippen LogP contribution < -0.4 is 5.73 Å². The van der Waals surface area contributed by atoms with Crippen molar-refractivity contribution in [3.63, 3.8) is 0 Å². The number of aromatic amines is 1.